The Morgan fingerprint density at radius 3 is 2.53 bits per heavy atom. The lowest BCUT2D eigenvalue weighted by Gasteiger charge is -2.18. The van der Waals surface area contributed by atoms with Crippen LogP contribution in [0.5, 0.6) is 5.75 Å². The van der Waals surface area contributed by atoms with Crippen LogP contribution in [0.15, 0.2) is 29.6 Å². The third kappa shape index (κ3) is 5.39. The molecule has 0 aliphatic carbocycles. The fraction of sp³-hybridized carbons (Fsp3) is 0.381. The zero-order valence-corrected chi connectivity index (χ0v) is 18.1. The molecule has 0 spiro atoms. The Kier molecular flexibility index (Phi) is 7.07. The van der Waals surface area contributed by atoms with Crippen LogP contribution in [-0.2, 0) is 14.3 Å². The molecule has 1 fully saturated rings. The van der Waals surface area contributed by atoms with Crippen LogP contribution in [0.3, 0.4) is 0 Å². The number of halogens is 3. The minimum absolute atomic E-state index is 0.119. The molecule has 1 aliphatic heterocycles. The second-order valence-corrected chi connectivity index (χ2v) is 7.96. The Balaban J connectivity index is 1.83. The molecule has 1 saturated heterocycles. The Morgan fingerprint density at radius 1 is 1.25 bits per heavy atom. The van der Waals surface area contributed by atoms with Gasteiger partial charge >= 0.3 is 12.1 Å². The smallest absolute Gasteiger partial charge is 0.406 e. The van der Waals surface area contributed by atoms with Gasteiger partial charge in [0.05, 0.1) is 19.6 Å². The normalized spacial score (nSPS) is 16.2. The molecule has 0 bridgehead atoms. The molecule has 2 aromatic rings. The molecule has 3 rings (SSSR count). The van der Waals surface area contributed by atoms with Crippen molar-refractivity contribution in [1.29, 1.82) is 0 Å². The number of anilines is 1. The summed E-state index contributed by atoms with van der Waals surface area (Å²) in [5.74, 6) is -2.33. The van der Waals surface area contributed by atoms with Crippen molar-refractivity contribution in [1.82, 2.24) is 4.90 Å². The standard InChI is InChI=1S/C21H21F3N2O5S/c1-3-31-20(29)17-15(12-4-6-14(30-2)7-5-12)10-32-19(17)25-18(28)13-8-16(27)26(9-13)11-21(22,23)24/h4-7,10,13H,3,8-9,11H2,1-2H3,(H,25,28). The van der Waals surface area contributed by atoms with Gasteiger partial charge in [-0.15, -0.1) is 11.3 Å². The Hall–Kier alpha value is -3.08. The van der Waals surface area contributed by atoms with Gasteiger partial charge in [0.15, 0.2) is 0 Å². The zero-order valence-electron chi connectivity index (χ0n) is 17.3. The number of carbonyl (C=O) groups is 3. The van der Waals surface area contributed by atoms with Gasteiger partial charge in [0.1, 0.15) is 22.9 Å². The van der Waals surface area contributed by atoms with Gasteiger partial charge in [-0.25, -0.2) is 4.79 Å². The highest BCUT2D eigenvalue weighted by molar-refractivity contribution is 7.15. The monoisotopic (exact) mass is 470 g/mol. The van der Waals surface area contributed by atoms with E-state index in [4.69, 9.17) is 9.47 Å². The SMILES string of the molecule is CCOC(=O)c1c(-c2ccc(OC)cc2)csc1NC(=O)C1CC(=O)N(CC(F)(F)F)C1. The molecule has 7 nitrogen and oxygen atoms in total. The molecule has 11 heteroatoms. The van der Waals surface area contributed by atoms with Crippen molar-refractivity contribution in [3.8, 4) is 16.9 Å². The predicted molar refractivity (Wildman–Crippen MR) is 112 cm³/mol. The predicted octanol–water partition coefficient (Wildman–Crippen LogP) is 3.95. The number of nitrogens with one attached hydrogen (secondary N) is 1. The van der Waals surface area contributed by atoms with E-state index in [1.54, 1.807) is 36.6 Å². The summed E-state index contributed by atoms with van der Waals surface area (Å²) < 4.78 is 48.2. The number of ether oxygens (including phenoxy) is 2. The maximum atomic E-state index is 12.7. The van der Waals surface area contributed by atoms with E-state index in [0.29, 0.717) is 21.8 Å². The quantitative estimate of drug-likeness (QED) is 0.620. The average molecular weight is 470 g/mol. The minimum Gasteiger partial charge on any atom is -0.497 e. The Bertz CT molecular complexity index is 1000. The van der Waals surface area contributed by atoms with Crippen LogP contribution in [0.25, 0.3) is 11.1 Å². The van der Waals surface area contributed by atoms with Crippen LogP contribution < -0.4 is 10.1 Å². The summed E-state index contributed by atoms with van der Waals surface area (Å²) in [5, 5.41) is 4.49. The molecule has 0 radical (unpaired) electrons. The maximum Gasteiger partial charge on any atom is 0.406 e. The molecular weight excluding hydrogens is 449 g/mol. The topological polar surface area (TPSA) is 84.9 Å². The third-order valence-electron chi connectivity index (χ3n) is 4.86. The lowest BCUT2D eigenvalue weighted by atomic mass is 10.0. The zero-order chi connectivity index (χ0) is 23.5. The van der Waals surface area contributed by atoms with Crippen LogP contribution in [-0.4, -0.2) is 55.7 Å². The van der Waals surface area contributed by atoms with E-state index < -0.39 is 36.4 Å². The van der Waals surface area contributed by atoms with E-state index in [2.05, 4.69) is 5.32 Å². The van der Waals surface area contributed by atoms with E-state index in [1.807, 2.05) is 0 Å². The molecule has 172 valence electrons. The molecule has 1 aromatic carbocycles. The lowest BCUT2D eigenvalue weighted by molar-refractivity contribution is -0.157. The van der Waals surface area contributed by atoms with Crippen molar-refractivity contribution >= 4 is 34.1 Å². The van der Waals surface area contributed by atoms with Crippen LogP contribution in [0.2, 0.25) is 0 Å². The van der Waals surface area contributed by atoms with E-state index in [-0.39, 0.29) is 30.1 Å². The van der Waals surface area contributed by atoms with Crippen molar-refractivity contribution in [2.24, 2.45) is 5.92 Å². The number of nitrogens with zero attached hydrogens (tertiary/aromatic N) is 1. The summed E-state index contributed by atoms with van der Waals surface area (Å²) in [6.45, 7) is 0.0303. The summed E-state index contributed by atoms with van der Waals surface area (Å²) in [5.41, 5.74) is 1.37. The highest BCUT2D eigenvalue weighted by Crippen LogP contribution is 2.37. The van der Waals surface area contributed by atoms with Crippen molar-refractivity contribution in [3.63, 3.8) is 0 Å². The van der Waals surface area contributed by atoms with E-state index in [0.717, 1.165) is 11.3 Å². The van der Waals surface area contributed by atoms with Gasteiger partial charge in [0.2, 0.25) is 11.8 Å². The van der Waals surface area contributed by atoms with E-state index in [9.17, 15) is 27.6 Å². The first kappa shape index (κ1) is 23.6. The maximum absolute atomic E-state index is 12.7. The van der Waals surface area contributed by atoms with Gasteiger partial charge in [-0.05, 0) is 24.6 Å². The van der Waals surface area contributed by atoms with E-state index >= 15 is 0 Å². The molecular formula is C21H21F3N2O5S. The van der Waals surface area contributed by atoms with Gasteiger partial charge in [0, 0.05) is 23.9 Å². The number of alkyl halides is 3. The second kappa shape index (κ2) is 9.60. The largest absolute Gasteiger partial charge is 0.497 e. The number of carbonyl (C=O) groups excluding carboxylic acids is 3. The summed E-state index contributed by atoms with van der Waals surface area (Å²) in [6.07, 6.45) is -4.87. The van der Waals surface area contributed by atoms with Crippen molar-refractivity contribution in [2.75, 3.05) is 32.1 Å². The number of thiophene rings is 1. The molecule has 1 unspecified atom stereocenters. The fourth-order valence-electron chi connectivity index (χ4n) is 3.37. The summed E-state index contributed by atoms with van der Waals surface area (Å²) in [6, 6.07) is 6.94. The number of methoxy groups -OCH3 is 1. The first-order chi connectivity index (χ1) is 15.1. The van der Waals surface area contributed by atoms with Crippen LogP contribution in [0, 0.1) is 5.92 Å². The highest BCUT2D eigenvalue weighted by Gasteiger charge is 2.41. The number of hydrogen-bond acceptors (Lipinski definition) is 6. The summed E-state index contributed by atoms with van der Waals surface area (Å²) in [4.78, 5) is 37.8. The molecule has 0 saturated carbocycles. The third-order valence-corrected chi connectivity index (χ3v) is 5.76. The van der Waals surface area contributed by atoms with Crippen LogP contribution >= 0.6 is 11.3 Å². The highest BCUT2D eigenvalue weighted by atomic mass is 32.1. The molecule has 1 atom stereocenters. The fourth-order valence-corrected chi connectivity index (χ4v) is 4.33. The molecule has 2 amide bonds. The van der Waals surface area contributed by atoms with E-state index in [1.165, 1.54) is 7.11 Å². The van der Waals surface area contributed by atoms with Gasteiger partial charge in [-0.2, -0.15) is 13.2 Å². The van der Waals surface area contributed by atoms with Crippen LogP contribution in [0.1, 0.15) is 23.7 Å². The number of likely N-dealkylation sites (tertiary alicyclic amines) is 1. The molecule has 1 aliphatic rings. The van der Waals surface area contributed by atoms with Gasteiger partial charge in [-0.3, -0.25) is 9.59 Å². The Labute approximate surface area is 186 Å². The molecule has 1 N–H and O–H groups in total. The second-order valence-electron chi connectivity index (χ2n) is 7.08. The Morgan fingerprint density at radius 2 is 1.94 bits per heavy atom. The van der Waals surface area contributed by atoms with Crippen molar-refractivity contribution in [2.45, 2.75) is 19.5 Å². The van der Waals surface area contributed by atoms with Gasteiger partial charge in [-0.1, -0.05) is 12.1 Å². The van der Waals surface area contributed by atoms with Crippen LogP contribution in [0.4, 0.5) is 18.2 Å². The average Bonchev–Trinajstić information content (AvgIpc) is 3.31. The first-order valence-electron chi connectivity index (χ1n) is 9.71. The summed E-state index contributed by atoms with van der Waals surface area (Å²) >= 11 is 1.09. The number of amides is 2. The molecule has 1 aromatic heterocycles. The number of benzene rings is 1. The summed E-state index contributed by atoms with van der Waals surface area (Å²) in [7, 11) is 1.53. The molecule has 2 heterocycles. The lowest BCUT2D eigenvalue weighted by Crippen LogP contribution is -2.36. The first-order valence-corrected chi connectivity index (χ1v) is 10.6. The minimum atomic E-state index is -4.54. The van der Waals surface area contributed by atoms with Gasteiger partial charge in [0.25, 0.3) is 0 Å². The van der Waals surface area contributed by atoms with Crippen molar-refractivity contribution < 1.29 is 37.0 Å². The van der Waals surface area contributed by atoms with Gasteiger partial charge < -0.3 is 19.7 Å². The number of rotatable bonds is 7. The molecule has 32 heavy (non-hydrogen) atoms. The van der Waals surface area contributed by atoms with Crippen molar-refractivity contribution in [3.05, 3.63) is 35.2 Å². The number of hydrogen-bond donors (Lipinski definition) is 1. The number of esters is 1.